The molecule has 19 heavy (non-hydrogen) atoms. The van der Waals surface area contributed by atoms with Gasteiger partial charge in [0.25, 0.3) is 0 Å². The summed E-state index contributed by atoms with van der Waals surface area (Å²) in [5, 5.41) is 18.1. The second-order valence-corrected chi connectivity index (χ2v) is 4.30. The maximum absolute atomic E-state index is 10.7. The van der Waals surface area contributed by atoms with E-state index in [1.807, 2.05) is 25.1 Å². The van der Waals surface area contributed by atoms with Crippen LogP contribution in [0.2, 0.25) is 0 Å². The second-order valence-electron chi connectivity index (χ2n) is 4.30. The zero-order valence-electron chi connectivity index (χ0n) is 10.5. The second kappa shape index (κ2) is 5.40. The van der Waals surface area contributed by atoms with Crippen molar-refractivity contribution in [2.24, 2.45) is 0 Å². The number of allylic oxidation sites excluding steroid dienone is 1. The molecule has 0 spiro atoms. The van der Waals surface area contributed by atoms with Gasteiger partial charge >= 0.3 is 5.97 Å². The number of benzene rings is 2. The first-order valence-corrected chi connectivity index (χ1v) is 5.87. The summed E-state index contributed by atoms with van der Waals surface area (Å²) in [6, 6.07) is 13.7. The highest BCUT2D eigenvalue weighted by molar-refractivity contribution is 5.88. The van der Waals surface area contributed by atoms with E-state index in [4.69, 9.17) is 5.11 Å². The van der Waals surface area contributed by atoms with Gasteiger partial charge in [-0.15, -0.1) is 0 Å². The fraction of sp³-hybridized carbons (Fsp3) is 0.0625. The van der Waals surface area contributed by atoms with Gasteiger partial charge in [0.05, 0.1) is 5.56 Å². The smallest absolute Gasteiger partial charge is 0.335 e. The van der Waals surface area contributed by atoms with Crippen molar-refractivity contribution in [2.75, 3.05) is 0 Å². The van der Waals surface area contributed by atoms with E-state index in [2.05, 4.69) is 0 Å². The monoisotopic (exact) mass is 254 g/mol. The Labute approximate surface area is 111 Å². The predicted molar refractivity (Wildman–Crippen MR) is 75.1 cm³/mol. The molecule has 3 nitrogen and oxygen atoms in total. The summed E-state index contributed by atoms with van der Waals surface area (Å²) in [5.41, 5.74) is 3.28. The van der Waals surface area contributed by atoms with E-state index < -0.39 is 5.97 Å². The van der Waals surface area contributed by atoms with E-state index in [1.165, 1.54) is 0 Å². The van der Waals surface area contributed by atoms with Gasteiger partial charge in [-0.1, -0.05) is 30.3 Å². The van der Waals surface area contributed by atoms with Gasteiger partial charge in [0, 0.05) is 0 Å². The van der Waals surface area contributed by atoms with Gasteiger partial charge < -0.3 is 10.2 Å². The van der Waals surface area contributed by atoms with Crippen LogP contribution < -0.4 is 0 Å². The summed E-state index contributed by atoms with van der Waals surface area (Å²) in [4.78, 5) is 10.7. The number of phenols is 1. The maximum Gasteiger partial charge on any atom is 0.335 e. The average molecular weight is 254 g/mol. The molecule has 3 heteroatoms. The number of rotatable bonds is 3. The highest BCUT2D eigenvalue weighted by atomic mass is 16.4. The van der Waals surface area contributed by atoms with Crippen LogP contribution in [0.1, 0.15) is 28.4 Å². The van der Waals surface area contributed by atoms with E-state index in [1.54, 1.807) is 36.4 Å². The lowest BCUT2D eigenvalue weighted by molar-refractivity contribution is 0.0697. The predicted octanol–water partition coefficient (Wildman–Crippen LogP) is 3.65. The number of carbonyl (C=O) groups is 1. The zero-order chi connectivity index (χ0) is 13.8. The molecule has 0 unspecified atom stereocenters. The minimum absolute atomic E-state index is 0.238. The number of hydrogen-bond donors (Lipinski definition) is 2. The van der Waals surface area contributed by atoms with Gasteiger partial charge in [-0.2, -0.15) is 0 Å². The van der Waals surface area contributed by atoms with Crippen molar-refractivity contribution in [1.29, 1.82) is 0 Å². The van der Waals surface area contributed by atoms with Gasteiger partial charge in [-0.3, -0.25) is 0 Å². The Morgan fingerprint density at radius 2 is 1.47 bits per heavy atom. The Morgan fingerprint density at radius 1 is 0.947 bits per heavy atom. The summed E-state index contributed by atoms with van der Waals surface area (Å²) in [6.07, 6.45) is 1.97. The van der Waals surface area contributed by atoms with E-state index in [0.717, 1.165) is 16.7 Å². The lowest BCUT2D eigenvalue weighted by Crippen LogP contribution is -1.94. The molecule has 0 aromatic heterocycles. The molecule has 2 rings (SSSR count). The molecular weight excluding hydrogens is 240 g/mol. The molecule has 2 aromatic rings. The van der Waals surface area contributed by atoms with Crippen molar-refractivity contribution in [2.45, 2.75) is 6.92 Å². The molecule has 0 saturated carbocycles. The molecule has 2 N–H and O–H groups in total. The van der Waals surface area contributed by atoms with Crippen molar-refractivity contribution < 1.29 is 15.0 Å². The van der Waals surface area contributed by atoms with Crippen LogP contribution in [0.3, 0.4) is 0 Å². The largest absolute Gasteiger partial charge is 0.508 e. The number of carboxylic acid groups (broad SMARTS) is 1. The molecular formula is C16H14O3. The topological polar surface area (TPSA) is 57.5 Å². The van der Waals surface area contributed by atoms with Crippen molar-refractivity contribution in [3.63, 3.8) is 0 Å². The van der Waals surface area contributed by atoms with Crippen LogP contribution in [0.5, 0.6) is 5.75 Å². The van der Waals surface area contributed by atoms with Crippen LogP contribution in [0.4, 0.5) is 0 Å². The molecule has 0 bridgehead atoms. The number of phenolic OH excluding ortho intramolecular Hbond substituents is 1. The molecule has 0 radical (unpaired) electrons. The first-order chi connectivity index (χ1) is 9.06. The quantitative estimate of drug-likeness (QED) is 0.822. The van der Waals surface area contributed by atoms with E-state index in [9.17, 15) is 9.90 Å². The third-order valence-electron chi connectivity index (χ3n) is 2.86. The van der Waals surface area contributed by atoms with E-state index >= 15 is 0 Å². The van der Waals surface area contributed by atoms with Crippen LogP contribution in [0.15, 0.2) is 48.5 Å². The Morgan fingerprint density at radius 3 is 2.00 bits per heavy atom. The fourth-order valence-corrected chi connectivity index (χ4v) is 1.78. The average Bonchev–Trinajstić information content (AvgIpc) is 2.40. The molecule has 0 heterocycles. The Hall–Kier alpha value is -2.55. The fourth-order valence-electron chi connectivity index (χ4n) is 1.78. The van der Waals surface area contributed by atoms with Crippen LogP contribution >= 0.6 is 0 Å². The van der Waals surface area contributed by atoms with Gasteiger partial charge in [0.2, 0.25) is 0 Å². The summed E-state index contributed by atoms with van der Waals surface area (Å²) in [6.45, 7) is 1.97. The highest BCUT2D eigenvalue weighted by Crippen LogP contribution is 2.20. The van der Waals surface area contributed by atoms with Gasteiger partial charge in [-0.25, -0.2) is 4.79 Å². The summed E-state index contributed by atoms with van der Waals surface area (Å²) < 4.78 is 0. The SMILES string of the molecule is C/C(=C\c1ccc(C(=O)O)cc1)c1ccc(O)cc1. The first-order valence-electron chi connectivity index (χ1n) is 5.87. The van der Waals surface area contributed by atoms with Crippen molar-refractivity contribution in [3.05, 3.63) is 65.2 Å². The summed E-state index contributed by atoms with van der Waals surface area (Å²) in [5.74, 6) is -0.687. The van der Waals surface area contributed by atoms with Gasteiger partial charge in [0.1, 0.15) is 5.75 Å². The molecule has 0 amide bonds. The molecule has 0 aliphatic heterocycles. The number of aromatic hydroxyl groups is 1. The highest BCUT2D eigenvalue weighted by Gasteiger charge is 2.01. The molecule has 0 aliphatic carbocycles. The maximum atomic E-state index is 10.7. The van der Waals surface area contributed by atoms with Gasteiger partial charge in [-0.05, 0) is 47.9 Å². The van der Waals surface area contributed by atoms with Crippen LogP contribution in [0.25, 0.3) is 11.6 Å². The molecule has 0 fully saturated rings. The molecule has 2 aromatic carbocycles. The minimum Gasteiger partial charge on any atom is -0.508 e. The molecule has 0 saturated heterocycles. The number of aromatic carboxylic acids is 1. The Balaban J connectivity index is 2.25. The Kier molecular flexibility index (Phi) is 3.66. The van der Waals surface area contributed by atoms with Crippen LogP contribution in [-0.4, -0.2) is 16.2 Å². The molecule has 0 aliphatic rings. The van der Waals surface area contributed by atoms with Crippen LogP contribution in [0, 0.1) is 0 Å². The van der Waals surface area contributed by atoms with Gasteiger partial charge in [0.15, 0.2) is 0 Å². The summed E-state index contributed by atoms with van der Waals surface area (Å²) in [7, 11) is 0. The third-order valence-corrected chi connectivity index (χ3v) is 2.86. The number of hydrogen-bond acceptors (Lipinski definition) is 2. The van der Waals surface area contributed by atoms with Crippen molar-refractivity contribution >= 4 is 17.6 Å². The van der Waals surface area contributed by atoms with Crippen molar-refractivity contribution in [3.8, 4) is 5.75 Å². The minimum atomic E-state index is -0.925. The molecule has 96 valence electrons. The lowest BCUT2D eigenvalue weighted by atomic mass is 10.0. The third kappa shape index (κ3) is 3.22. The van der Waals surface area contributed by atoms with E-state index in [0.29, 0.717) is 0 Å². The molecule has 0 atom stereocenters. The standard InChI is InChI=1S/C16H14O3/c1-11(13-6-8-15(17)9-7-13)10-12-2-4-14(5-3-12)16(18)19/h2-10,17H,1H3,(H,18,19)/b11-10+. The van der Waals surface area contributed by atoms with Crippen molar-refractivity contribution in [1.82, 2.24) is 0 Å². The summed E-state index contributed by atoms with van der Waals surface area (Å²) >= 11 is 0. The number of carboxylic acids is 1. The lowest BCUT2D eigenvalue weighted by Gasteiger charge is -2.03. The Bertz CT molecular complexity index is 607. The van der Waals surface area contributed by atoms with E-state index in [-0.39, 0.29) is 11.3 Å². The zero-order valence-corrected chi connectivity index (χ0v) is 10.5. The van der Waals surface area contributed by atoms with Crippen LogP contribution in [-0.2, 0) is 0 Å². The first kappa shape index (κ1) is 12.9. The normalized spacial score (nSPS) is 11.3.